The smallest absolute Gasteiger partial charge is 0.227 e. The van der Waals surface area contributed by atoms with Gasteiger partial charge in [-0.15, -0.1) is 11.3 Å². The summed E-state index contributed by atoms with van der Waals surface area (Å²) in [6.07, 6.45) is 4.42. The third kappa shape index (κ3) is 2.23. The van der Waals surface area contributed by atoms with E-state index in [9.17, 15) is 4.79 Å². The Hall–Kier alpha value is -1.10. The molecule has 0 aromatic carbocycles. The lowest BCUT2D eigenvalue weighted by molar-refractivity contribution is -0.132. The van der Waals surface area contributed by atoms with Crippen molar-refractivity contribution in [1.82, 2.24) is 9.88 Å². The van der Waals surface area contributed by atoms with Gasteiger partial charge in [-0.1, -0.05) is 0 Å². The molecule has 1 saturated heterocycles. The molecule has 2 N–H and O–H groups in total. The minimum absolute atomic E-state index is 0.248. The van der Waals surface area contributed by atoms with Gasteiger partial charge in [0.1, 0.15) is 0 Å². The van der Waals surface area contributed by atoms with Crippen LogP contribution in [-0.2, 0) is 11.2 Å². The lowest BCUT2D eigenvalue weighted by Crippen LogP contribution is -2.41. The second-order valence-electron chi connectivity index (χ2n) is 5.58. The number of rotatable bonds is 2. The number of thiazole rings is 1. The molecule has 98 valence electrons. The molecule has 4 nitrogen and oxygen atoms in total. The van der Waals surface area contributed by atoms with Gasteiger partial charge in [0, 0.05) is 18.0 Å². The molecular formula is C13H19N3OS. The molecule has 5 heteroatoms. The number of likely N-dealkylation sites (tertiary alicyclic amines) is 1. The van der Waals surface area contributed by atoms with Crippen molar-refractivity contribution in [2.24, 2.45) is 11.8 Å². The zero-order valence-electron chi connectivity index (χ0n) is 10.7. The summed E-state index contributed by atoms with van der Waals surface area (Å²) < 4.78 is 0. The SMILES string of the molecule is Cc1nc(N)sc1CC(=O)N1C[C@@H]2CC[C@@H](C2)C1. The van der Waals surface area contributed by atoms with Gasteiger partial charge in [-0.25, -0.2) is 4.98 Å². The lowest BCUT2D eigenvalue weighted by atomic mass is 9.98. The van der Waals surface area contributed by atoms with E-state index in [0.717, 1.165) is 35.5 Å². The fourth-order valence-electron chi connectivity index (χ4n) is 3.28. The lowest BCUT2D eigenvalue weighted by Gasteiger charge is -2.31. The Kier molecular flexibility index (Phi) is 3.01. The number of amides is 1. The first kappa shape index (κ1) is 12.0. The van der Waals surface area contributed by atoms with Crippen molar-refractivity contribution in [3.63, 3.8) is 0 Å². The Labute approximate surface area is 111 Å². The summed E-state index contributed by atoms with van der Waals surface area (Å²) in [5, 5.41) is 0.564. The minimum atomic E-state index is 0.248. The normalized spacial score (nSPS) is 26.6. The van der Waals surface area contributed by atoms with Gasteiger partial charge >= 0.3 is 0 Å². The number of piperidine rings is 1. The van der Waals surface area contributed by atoms with Gasteiger partial charge in [-0.3, -0.25) is 4.79 Å². The average Bonchev–Trinajstić information content (AvgIpc) is 2.82. The van der Waals surface area contributed by atoms with Crippen LogP contribution in [0.25, 0.3) is 0 Å². The first-order chi connectivity index (χ1) is 8.61. The second kappa shape index (κ2) is 4.53. The fraction of sp³-hybridized carbons (Fsp3) is 0.692. The van der Waals surface area contributed by atoms with Gasteiger partial charge in [0.15, 0.2) is 5.13 Å². The molecule has 2 fully saturated rings. The number of nitrogens with zero attached hydrogens (tertiary/aromatic N) is 2. The predicted molar refractivity (Wildman–Crippen MR) is 72.4 cm³/mol. The molecule has 0 spiro atoms. The summed E-state index contributed by atoms with van der Waals surface area (Å²) in [5.74, 6) is 1.75. The molecule has 1 aromatic rings. The topological polar surface area (TPSA) is 59.2 Å². The van der Waals surface area contributed by atoms with Gasteiger partial charge in [-0.2, -0.15) is 0 Å². The molecule has 1 saturated carbocycles. The summed E-state index contributed by atoms with van der Waals surface area (Å²) in [6.45, 7) is 3.85. The number of nitrogens with two attached hydrogens (primary N) is 1. The maximum absolute atomic E-state index is 12.3. The largest absolute Gasteiger partial charge is 0.375 e. The average molecular weight is 265 g/mol. The number of nitrogen functional groups attached to an aromatic ring is 1. The number of hydrogen-bond donors (Lipinski definition) is 1. The molecule has 1 amide bonds. The number of aromatic nitrogens is 1. The van der Waals surface area contributed by atoms with Crippen LogP contribution in [0.2, 0.25) is 0 Å². The maximum atomic E-state index is 12.3. The summed E-state index contributed by atoms with van der Waals surface area (Å²) >= 11 is 1.44. The van der Waals surface area contributed by atoms with Crippen LogP contribution in [0, 0.1) is 18.8 Å². The van der Waals surface area contributed by atoms with Gasteiger partial charge in [-0.05, 0) is 38.0 Å². The first-order valence-corrected chi connectivity index (χ1v) is 7.43. The number of anilines is 1. The Balaban J connectivity index is 1.66. The molecule has 0 unspecified atom stereocenters. The van der Waals surface area contributed by atoms with Gasteiger partial charge in [0.05, 0.1) is 12.1 Å². The van der Waals surface area contributed by atoms with Crippen LogP contribution >= 0.6 is 11.3 Å². The molecule has 2 heterocycles. The van der Waals surface area contributed by atoms with Crippen LogP contribution < -0.4 is 5.73 Å². The Morgan fingerprint density at radius 2 is 2.11 bits per heavy atom. The summed E-state index contributed by atoms with van der Waals surface area (Å²) in [7, 11) is 0. The van der Waals surface area contributed by atoms with Crippen LogP contribution in [-0.4, -0.2) is 28.9 Å². The first-order valence-electron chi connectivity index (χ1n) is 6.61. The van der Waals surface area contributed by atoms with Crippen LogP contribution in [0.4, 0.5) is 5.13 Å². The molecule has 2 aliphatic rings. The van der Waals surface area contributed by atoms with Crippen LogP contribution in [0.15, 0.2) is 0 Å². The van der Waals surface area contributed by atoms with E-state index in [1.807, 2.05) is 6.92 Å². The van der Waals surface area contributed by atoms with E-state index in [1.165, 1.54) is 30.6 Å². The molecule has 2 bridgehead atoms. The van der Waals surface area contributed by atoms with E-state index in [2.05, 4.69) is 9.88 Å². The summed E-state index contributed by atoms with van der Waals surface area (Å²) in [5.41, 5.74) is 6.58. The van der Waals surface area contributed by atoms with Crippen molar-refractivity contribution in [3.8, 4) is 0 Å². The van der Waals surface area contributed by atoms with E-state index < -0.39 is 0 Å². The maximum Gasteiger partial charge on any atom is 0.227 e. The van der Waals surface area contributed by atoms with Crippen molar-refractivity contribution >= 4 is 22.4 Å². The highest BCUT2D eigenvalue weighted by atomic mass is 32.1. The van der Waals surface area contributed by atoms with E-state index in [1.54, 1.807) is 0 Å². The Bertz CT molecular complexity index is 459. The molecule has 2 atom stereocenters. The standard InChI is InChI=1S/C13H19N3OS/c1-8-11(18-13(14)15-8)5-12(17)16-6-9-2-3-10(4-9)7-16/h9-10H,2-7H2,1H3,(H2,14,15)/t9-,10+. The minimum Gasteiger partial charge on any atom is -0.375 e. The predicted octanol–water partition coefficient (Wildman–Crippen LogP) is 1.83. The number of fused-ring (bicyclic) bond motifs is 2. The molecular weight excluding hydrogens is 246 g/mol. The van der Waals surface area contributed by atoms with E-state index >= 15 is 0 Å². The monoisotopic (exact) mass is 265 g/mol. The highest BCUT2D eigenvalue weighted by Gasteiger charge is 2.34. The molecule has 1 aromatic heterocycles. The summed E-state index contributed by atoms with van der Waals surface area (Å²) in [4.78, 5) is 19.6. The zero-order chi connectivity index (χ0) is 12.7. The third-order valence-corrected chi connectivity index (χ3v) is 5.17. The quantitative estimate of drug-likeness (QED) is 0.887. The second-order valence-corrected chi connectivity index (χ2v) is 6.70. The van der Waals surface area contributed by atoms with E-state index in [0.29, 0.717) is 11.6 Å². The van der Waals surface area contributed by atoms with Crippen molar-refractivity contribution in [2.75, 3.05) is 18.8 Å². The third-order valence-electron chi connectivity index (χ3n) is 4.18. The van der Waals surface area contributed by atoms with Crippen molar-refractivity contribution in [2.45, 2.75) is 32.6 Å². The molecule has 1 aliphatic carbocycles. The van der Waals surface area contributed by atoms with Gasteiger partial charge in [0.25, 0.3) is 0 Å². The summed E-state index contributed by atoms with van der Waals surface area (Å²) in [6, 6.07) is 0. The molecule has 0 radical (unpaired) electrons. The number of carbonyl (C=O) groups excluding carboxylic acids is 1. The Morgan fingerprint density at radius 1 is 1.44 bits per heavy atom. The van der Waals surface area contributed by atoms with E-state index in [-0.39, 0.29) is 5.91 Å². The zero-order valence-corrected chi connectivity index (χ0v) is 11.5. The fourth-order valence-corrected chi connectivity index (χ4v) is 4.10. The van der Waals surface area contributed by atoms with Gasteiger partial charge in [0.2, 0.25) is 5.91 Å². The molecule has 18 heavy (non-hydrogen) atoms. The number of carbonyl (C=O) groups is 1. The van der Waals surface area contributed by atoms with Crippen molar-refractivity contribution in [3.05, 3.63) is 10.6 Å². The Morgan fingerprint density at radius 3 is 2.67 bits per heavy atom. The van der Waals surface area contributed by atoms with Crippen LogP contribution in [0.3, 0.4) is 0 Å². The number of hydrogen-bond acceptors (Lipinski definition) is 4. The van der Waals surface area contributed by atoms with Crippen LogP contribution in [0.1, 0.15) is 29.8 Å². The van der Waals surface area contributed by atoms with Crippen molar-refractivity contribution < 1.29 is 4.79 Å². The van der Waals surface area contributed by atoms with Crippen molar-refractivity contribution in [1.29, 1.82) is 0 Å². The highest BCUT2D eigenvalue weighted by molar-refractivity contribution is 7.15. The molecule has 3 rings (SSSR count). The van der Waals surface area contributed by atoms with Gasteiger partial charge < -0.3 is 10.6 Å². The number of aryl methyl sites for hydroxylation is 1. The van der Waals surface area contributed by atoms with Crippen LogP contribution in [0.5, 0.6) is 0 Å². The van der Waals surface area contributed by atoms with E-state index in [4.69, 9.17) is 5.73 Å². The molecule has 1 aliphatic heterocycles. The highest BCUT2D eigenvalue weighted by Crippen LogP contribution is 2.36.